The second-order valence-corrected chi connectivity index (χ2v) is 8.60. The molecular weight excluding hydrogens is 367 g/mol. The highest BCUT2D eigenvalue weighted by molar-refractivity contribution is 7.89. The average molecular weight is 392 g/mol. The van der Waals surface area contributed by atoms with Crippen LogP contribution in [0.3, 0.4) is 0 Å². The van der Waals surface area contributed by atoms with Crippen molar-refractivity contribution in [3.63, 3.8) is 0 Å². The predicted molar refractivity (Wildman–Crippen MR) is 104 cm³/mol. The third-order valence-corrected chi connectivity index (χ3v) is 6.64. The van der Waals surface area contributed by atoms with Crippen molar-refractivity contribution in [2.24, 2.45) is 0 Å². The molecule has 0 saturated carbocycles. The molecule has 0 aliphatic carbocycles. The van der Waals surface area contributed by atoms with E-state index in [4.69, 9.17) is 4.74 Å². The molecule has 27 heavy (non-hydrogen) atoms. The number of methoxy groups -OCH3 is 1. The van der Waals surface area contributed by atoms with Gasteiger partial charge in [-0.25, -0.2) is 12.8 Å². The van der Waals surface area contributed by atoms with Crippen molar-refractivity contribution in [1.29, 1.82) is 0 Å². The molecule has 0 radical (unpaired) electrons. The Morgan fingerprint density at radius 2 is 1.81 bits per heavy atom. The van der Waals surface area contributed by atoms with E-state index in [9.17, 15) is 12.8 Å². The maximum atomic E-state index is 13.4. The van der Waals surface area contributed by atoms with E-state index in [0.29, 0.717) is 31.1 Å². The summed E-state index contributed by atoms with van der Waals surface area (Å²) >= 11 is 0. The molecule has 1 saturated heterocycles. The molecule has 0 spiro atoms. The van der Waals surface area contributed by atoms with Crippen molar-refractivity contribution < 1.29 is 17.5 Å². The summed E-state index contributed by atoms with van der Waals surface area (Å²) in [6.45, 7) is 1.47. The summed E-state index contributed by atoms with van der Waals surface area (Å²) in [7, 11) is -2.01. The second-order valence-electron chi connectivity index (χ2n) is 6.66. The molecule has 0 aromatic heterocycles. The molecule has 1 aliphatic rings. The maximum absolute atomic E-state index is 13.4. The molecule has 2 aromatic rings. The van der Waals surface area contributed by atoms with Gasteiger partial charge in [0, 0.05) is 19.6 Å². The standard InChI is InChI=1S/C20H25FN2O3S/c1-26-20-10-9-18(27(24,25)23-11-4-2-3-5-12-23)14-19(20)22-15-16-7-6-8-17(21)13-16/h6-10,13-14,22H,2-5,11-12,15H2,1H3. The minimum Gasteiger partial charge on any atom is -0.495 e. The Hall–Kier alpha value is -2.12. The first-order chi connectivity index (χ1) is 13.0. The van der Waals surface area contributed by atoms with Crippen LogP contribution in [0.15, 0.2) is 47.4 Å². The van der Waals surface area contributed by atoms with Gasteiger partial charge < -0.3 is 10.1 Å². The number of rotatable bonds is 6. The fraction of sp³-hybridized carbons (Fsp3) is 0.400. The quantitative estimate of drug-likeness (QED) is 0.807. The monoisotopic (exact) mass is 392 g/mol. The Kier molecular flexibility index (Phi) is 6.34. The van der Waals surface area contributed by atoms with Gasteiger partial charge in [-0.2, -0.15) is 4.31 Å². The number of nitrogens with one attached hydrogen (secondary N) is 1. The van der Waals surface area contributed by atoms with E-state index in [-0.39, 0.29) is 10.7 Å². The SMILES string of the molecule is COc1ccc(S(=O)(=O)N2CCCCCC2)cc1NCc1cccc(F)c1. The lowest BCUT2D eigenvalue weighted by Gasteiger charge is -2.21. The van der Waals surface area contributed by atoms with Crippen LogP contribution in [0.2, 0.25) is 0 Å². The number of sulfonamides is 1. The lowest BCUT2D eigenvalue weighted by atomic mass is 10.2. The summed E-state index contributed by atoms with van der Waals surface area (Å²) in [5, 5.41) is 3.16. The molecule has 1 heterocycles. The molecule has 0 unspecified atom stereocenters. The van der Waals surface area contributed by atoms with Crippen LogP contribution in [0.1, 0.15) is 31.2 Å². The van der Waals surface area contributed by atoms with Crippen molar-refractivity contribution in [2.75, 3.05) is 25.5 Å². The summed E-state index contributed by atoms with van der Waals surface area (Å²) in [5.41, 5.74) is 1.33. The predicted octanol–water partition coefficient (Wildman–Crippen LogP) is 4.01. The summed E-state index contributed by atoms with van der Waals surface area (Å²) in [5.74, 6) is 0.236. The van der Waals surface area contributed by atoms with Crippen molar-refractivity contribution in [2.45, 2.75) is 37.1 Å². The number of hydrogen-bond acceptors (Lipinski definition) is 4. The molecule has 5 nitrogen and oxygen atoms in total. The smallest absolute Gasteiger partial charge is 0.243 e. The van der Waals surface area contributed by atoms with Crippen LogP contribution >= 0.6 is 0 Å². The van der Waals surface area contributed by atoms with Crippen LogP contribution in [0.5, 0.6) is 5.75 Å². The van der Waals surface area contributed by atoms with Gasteiger partial charge in [-0.15, -0.1) is 0 Å². The molecule has 0 atom stereocenters. The van der Waals surface area contributed by atoms with Crippen LogP contribution in [0.4, 0.5) is 10.1 Å². The van der Waals surface area contributed by atoms with Crippen LogP contribution in [-0.4, -0.2) is 32.9 Å². The van der Waals surface area contributed by atoms with Gasteiger partial charge in [0.1, 0.15) is 11.6 Å². The van der Waals surface area contributed by atoms with Gasteiger partial charge in [-0.1, -0.05) is 25.0 Å². The zero-order chi connectivity index (χ0) is 19.3. The highest BCUT2D eigenvalue weighted by Crippen LogP contribution is 2.30. The number of benzene rings is 2. The summed E-state index contributed by atoms with van der Waals surface area (Å²) in [6.07, 6.45) is 3.91. The second kappa shape index (κ2) is 8.71. The molecule has 1 fully saturated rings. The van der Waals surface area contributed by atoms with Gasteiger partial charge in [0.2, 0.25) is 10.0 Å². The van der Waals surface area contributed by atoms with E-state index in [2.05, 4.69) is 5.32 Å². The number of hydrogen-bond donors (Lipinski definition) is 1. The Bertz CT molecular complexity index is 879. The van der Waals surface area contributed by atoms with Crippen LogP contribution in [0.25, 0.3) is 0 Å². The van der Waals surface area contributed by atoms with E-state index in [1.165, 1.54) is 19.2 Å². The highest BCUT2D eigenvalue weighted by Gasteiger charge is 2.26. The minimum absolute atomic E-state index is 0.243. The molecule has 0 amide bonds. The Balaban J connectivity index is 1.84. The number of nitrogens with zero attached hydrogens (tertiary/aromatic N) is 1. The van der Waals surface area contributed by atoms with E-state index in [0.717, 1.165) is 31.2 Å². The topological polar surface area (TPSA) is 58.6 Å². The van der Waals surface area contributed by atoms with Crippen LogP contribution < -0.4 is 10.1 Å². The molecule has 7 heteroatoms. The first kappa shape index (κ1) is 19.6. The van der Waals surface area contributed by atoms with Gasteiger partial charge in [-0.05, 0) is 48.7 Å². The minimum atomic E-state index is -3.54. The average Bonchev–Trinajstić information content (AvgIpc) is 2.96. The van der Waals surface area contributed by atoms with Crippen LogP contribution in [-0.2, 0) is 16.6 Å². The van der Waals surface area contributed by atoms with E-state index >= 15 is 0 Å². The maximum Gasteiger partial charge on any atom is 0.243 e. The molecule has 1 aliphatic heterocycles. The lowest BCUT2D eigenvalue weighted by molar-refractivity contribution is 0.414. The van der Waals surface area contributed by atoms with Crippen molar-refractivity contribution in [1.82, 2.24) is 4.31 Å². The molecule has 1 N–H and O–H groups in total. The highest BCUT2D eigenvalue weighted by atomic mass is 32.2. The molecule has 0 bridgehead atoms. The van der Waals surface area contributed by atoms with Crippen LogP contribution in [0, 0.1) is 5.82 Å². The fourth-order valence-electron chi connectivity index (χ4n) is 3.26. The largest absolute Gasteiger partial charge is 0.495 e. The molecule has 146 valence electrons. The zero-order valence-electron chi connectivity index (χ0n) is 15.4. The third kappa shape index (κ3) is 4.78. The van der Waals surface area contributed by atoms with Crippen molar-refractivity contribution >= 4 is 15.7 Å². The van der Waals surface area contributed by atoms with Crippen molar-refractivity contribution in [3.8, 4) is 5.75 Å². The van der Waals surface area contributed by atoms with Gasteiger partial charge in [-0.3, -0.25) is 0 Å². The number of ether oxygens (including phenoxy) is 1. The zero-order valence-corrected chi connectivity index (χ0v) is 16.3. The van der Waals surface area contributed by atoms with Gasteiger partial charge in [0.25, 0.3) is 0 Å². The normalized spacial score (nSPS) is 15.9. The Morgan fingerprint density at radius 3 is 2.48 bits per heavy atom. The third-order valence-electron chi connectivity index (χ3n) is 4.75. The molecular formula is C20H25FN2O3S. The van der Waals surface area contributed by atoms with Gasteiger partial charge in [0.15, 0.2) is 0 Å². The summed E-state index contributed by atoms with van der Waals surface area (Å²) in [6, 6.07) is 11.1. The van der Waals surface area contributed by atoms with Gasteiger partial charge in [0.05, 0.1) is 17.7 Å². The Labute approximate surface area is 160 Å². The first-order valence-corrected chi connectivity index (χ1v) is 10.6. The molecule has 3 rings (SSSR count). The van der Waals surface area contributed by atoms with E-state index in [1.54, 1.807) is 34.6 Å². The number of halogens is 1. The van der Waals surface area contributed by atoms with E-state index in [1.807, 2.05) is 0 Å². The lowest BCUT2D eigenvalue weighted by Crippen LogP contribution is -2.32. The van der Waals surface area contributed by atoms with Gasteiger partial charge >= 0.3 is 0 Å². The summed E-state index contributed by atoms with van der Waals surface area (Å²) in [4.78, 5) is 0.243. The molecule has 2 aromatic carbocycles. The van der Waals surface area contributed by atoms with E-state index < -0.39 is 10.0 Å². The summed E-state index contributed by atoms with van der Waals surface area (Å²) < 4.78 is 46.3. The van der Waals surface area contributed by atoms with Crippen molar-refractivity contribution in [3.05, 3.63) is 53.8 Å². The first-order valence-electron chi connectivity index (χ1n) is 9.17. The fourth-order valence-corrected chi connectivity index (χ4v) is 4.80. The Morgan fingerprint density at radius 1 is 1.07 bits per heavy atom. The number of anilines is 1.